The van der Waals surface area contributed by atoms with Crippen LogP contribution in [0.5, 0.6) is 0 Å². The summed E-state index contributed by atoms with van der Waals surface area (Å²) in [7, 11) is -2.34. The highest BCUT2D eigenvalue weighted by Gasteiger charge is 2.27. The molecule has 0 fully saturated rings. The van der Waals surface area contributed by atoms with Gasteiger partial charge >= 0.3 is 0 Å². The van der Waals surface area contributed by atoms with Crippen LogP contribution in [-0.2, 0) is 0 Å². The summed E-state index contributed by atoms with van der Waals surface area (Å²) in [6.07, 6.45) is 0. The fourth-order valence-corrected chi connectivity index (χ4v) is 8.77. The molecule has 0 saturated heterocycles. The molecule has 4 aromatic carbocycles. The monoisotopic (exact) mass is 414 g/mol. The Morgan fingerprint density at radius 1 is 0.385 bits per heavy atom. The van der Waals surface area contributed by atoms with Gasteiger partial charge in [0, 0.05) is 4.47 Å². The van der Waals surface area contributed by atoms with Crippen molar-refractivity contribution in [2.75, 3.05) is 0 Å². The smallest absolute Gasteiger partial charge is 0.0173 e. The molecule has 0 radical (unpaired) electrons. The summed E-state index contributed by atoms with van der Waals surface area (Å²) >= 11 is 3.60. The second-order valence-corrected chi connectivity index (χ2v) is 11.1. The Bertz CT molecular complexity index is 868. The first-order valence-electron chi connectivity index (χ1n) is 8.74. The number of rotatable bonds is 4. The van der Waals surface area contributed by atoms with Gasteiger partial charge in [0.25, 0.3) is 0 Å². The van der Waals surface area contributed by atoms with Crippen LogP contribution in [0.1, 0.15) is 0 Å². The van der Waals surface area contributed by atoms with E-state index >= 15 is 0 Å². The van der Waals surface area contributed by atoms with Crippen molar-refractivity contribution in [3.8, 4) is 0 Å². The molecular formula is C24H19BrSi-. The molecule has 0 atom stereocenters. The Morgan fingerprint density at radius 3 is 1.04 bits per heavy atom. The molecule has 4 aromatic rings. The Morgan fingerprint density at radius 2 is 0.692 bits per heavy atom. The predicted octanol–water partition coefficient (Wildman–Crippen LogP) is 3.83. The van der Waals surface area contributed by atoms with Crippen LogP contribution in [0, 0.1) is 0 Å². The maximum atomic E-state index is 3.60. The van der Waals surface area contributed by atoms with Crippen molar-refractivity contribution in [1.29, 1.82) is 0 Å². The number of benzene rings is 4. The van der Waals surface area contributed by atoms with Crippen LogP contribution >= 0.6 is 15.9 Å². The molecule has 26 heavy (non-hydrogen) atoms. The van der Waals surface area contributed by atoms with Gasteiger partial charge in [-0.1, -0.05) is 131 Å². The summed E-state index contributed by atoms with van der Waals surface area (Å²) in [5.41, 5.74) is 0. The molecule has 0 aliphatic heterocycles. The highest BCUT2D eigenvalue weighted by molar-refractivity contribution is 9.10. The van der Waals surface area contributed by atoms with Gasteiger partial charge in [-0.05, 0) is 8.07 Å². The molecule has 0 spiro atoms. The predicted molar refractivity (Wildman–Crippen MR) is 118 cm³/mol. The molecule has 127 valence electrons. The molecule has 0 N–H and O–H groups in total. The van der Waals surface area contributed by atoms with Crippen molar-refractivity contribution in [2.24, 2.45) is 0 Å². The van der Waals surface area contributed by atoms with Crippen molar-refractivity contribution in [2.45, 2.75) is 0 Å². The van der Waals surface area contributed by atoms with Crippen molar-refractivity contribution < 1.29 is 0 Å². The SMILES string of the molecule is Brc1ccc([Si-](c2ccccc2)(c2ccccc2)c2ccccc2)cc1. The zero-order valence-corrected chi connectivity index (χ0v) is 16.9. The van der Waals surface area contributed by atoms with Gasteiger partial charge in [-0.3, -0.25) is 0 Å². The highest BCUT2D eigenvalue weighted by Crippen LogP contribution is 2.12. The Labute approximate surface area is 164 Å². The fraction of sp³-hybridized carbons (Fsp3) is 0. The van der Waals surface area contributed by atoms with E-state index in [1.807, 2.05) is 0 Å². The van der Waals surface area contributed by atoms with E-state index in [1.165, 1.54) is 20.7 Å². The lowest BCUT2D eigenvalue weighted by atomic mass is 10.3. The van der Waals surface area contributed by atoms with Gasteiger partial charge < -0.3 is 0 Å². The van der Waals surface area contributed by atoms with Gasteiger partial charge in [-0.15, -0.1) is 0 Å². The minimum absolute atomic E-state index is 1.11. The van der Waals surface area contributed by atoms with E-state index in [0.717, 1.165) is 4.47 Å². The first-order valence-corrected chi connectivity index (χ1v) is 11.5. The van der Waals surface area contributed by atoms with Crippen LogP contribution < -0.4 is 20.7 Å². The van der Waals surface area contributed by atoms with Crippen LogP contribution in [0.4, 0.5) is 0 Å². The van der Waals surface area contributed by atoms with Crippen molar-refractivity contribution in [1.82, 2.24) is 0 Å². The van der Waals surface area contributed by atoms with Crippen molar-refractivity contribution in [3.63, 3.8) is 0 Å². The topological polar surface area (TPSA) is 0 Å². The lowest BCUT2D eigenvalue weighted by molar-refractivity contribution is 1.64. The molecule has 0 saturated carbocycles. The number of halogens is 1. The van der Waals surface area contributed by atoms with Gasteiger partial charge in [0.15, 0.2) is 0 Å². The summed E-state index contributed by atoms with van der Waals surface area (Å²) in [5, 5.41) is 5.60. The summed E-state index contributed by atoms with van der Waals surface area (Å²) in [4.78, 5) is 0. The normalized spacial score (nSPS) is 11.3. The van der Waals surface area contributed by atoms with E-state index in [2.05, 4.69) is 131 Å². The largest absolute Gasteiger partial charge is 0.171 e. The third kappa shape index (κ3) is 2.96. The average molecular weight is 415 g/mol. The van der Waals surface area contributed by atoms with Crippen molar-refractivity contribution >= 4 is 44.8 Å². The zero-order chi connectivity index (χ0) is 17.8. The van der Waals surface area contributed by atoms with Gasteiger partial charge in [0.2, 0.25) is 0 Å². The maximum absolute atomic E-state index is 3.60. The van der Waals surface area contributed by atoms with Crippen LogP contribution in [0.15, 0.2) is 120 Å². The second kappa shape index (κ2) is 7.44. The number of hydrogen-bond acceptors (Lipinski definition) is 0. The maximum Gasteiger partial charge on any atom is 0.0173 e. The average Bonchev–Trinajstić information content (AvgIpc) is 2.72. The Hall–Kier alpha value is -2.42. The molecule has 0 aliphatic carbocycles. The third-order valence-electron chi connectivity index (χ3n) is 4.90. The van der Waals surface area contributed by atoms with Gasteiger partial charge in [-0.2, -0.15) is 20.7 Å². The Balaban J connectivity index is 2.12. The van der Waals surface area contributed by atoms with Crippen LogP contribution in [0.2, 0.25) is 0 Å². The third-order valence-corrected chi connectivity index (χ3v) is 10.2. The van der Waals surface area contributed by atoms with Crippen LogP contribution in [-0.4, -0.2) is 8.07 Å². The highest BCUT2D eigenvalue weighted by atomic mass is 79.9. The van der Waals surface area contributed by atoms with E-state index in [0.29, 0.717) is 0 Å². The van der Waals surface area contributed by atoms with E-state index < -0.39 is 8.07 Å². The van der Waals surface area contributed by atoms with E-state index in [1.54, 1.807) is 0 Å². The molecule has 0 aromatic heterocycles. The van der Waals surface area contributed by atoms with Gasteiger partial charge in [0.1, 0.15) is 0 Å². The molecular weight excluding hydrogens is 396 g/mol. The van der Waals surface area contributed by atoms with E-state index in [4.69, 9.17) is 0 Å². The summed E-state index contributed by atoms with van der Waals surface area (Å²) in [6.45, 7) is 0. The Kier molecular flexibility index (Phi) is 4.87. The summed E-state index contributed by atoms with van der Waals surface area (Å²) in [5.74, 6) is 0. The molecule has 0 aliphatic rings. The van der Waals surface area contributed by atoms with Crippen molar-refractivity contribution in [3.05, 3.63) is 120 Å². The molecule has 0 nitrogen and oxygen atoms in total. The molecule has 0 heterocycles. The first-order chi connectivity index (χ1) is 12.8. The molecule has 0 unspecified atom stereocenters. The molecule has 0 amide bonds. The zero-order valence-electron chi connectivity index (χ0n) is 14.3. The number of hydrogen-bond donors (Lipinski definition) is 0. The standard InChI is InChI=1S/C24H19BrSi/c25-20-16-18-24(19-17-20)26(21-10-4-1-5-11-21,22-12-6-2-7-13-22)23-14-8-3-9-15-23/h1-19H/q-1. The minimum Gasteiger partial charge on any atom is -0.171 e. The molecule has 0 bridgehead atoms. The van der Waals surface area contributed by atoms with E-state index in [-0.39, 0.29) is 0 Å². The fourth-order valence-electron chi connectivity index (χ4n) is 3.76. The van der Waals surface area contributed by atoms with Crippen LogP contribution in [0.3, 0.4) is 0 Å². The second-order valence-electron chi connectivity index (χ2n) is 6.35. The lowest BCUT2D eigenvalue weighted by Crippen LogP contribution is -2.74. The van der Waals surface area contributed by atoms with Crippen LogP contribution in [0.25, 0.3) is 0 Å². The molecule has 4 rings (SSSR count). The quantitative estimate of drug-likeness (QED) is 0.351. The van der Waals surface area contributed by atoms with E-state index in [9.17, 15) is 0 Å². The summed E-state index contributed by atoms with van der Waals surface area (Å²) in [6, 6.07) is 41.8. The first kappa shape index (κ1) is 17.0. The van der Waals surface area contributed by atoms with Gasteiger partial charge in [0.05, 0.1) is 0 Å². The molecule has 2 heteroatoms. The summed E-state index contributed by atoms with van der Waals surface area (Å²) < 4.78 is 1.11. The lowest BCUT2D eigenvalue weighted by Gasteiger charge is -2.47. The van der Waals surface area contributed by atoms with Gasteiger partial charge in [-0.25, -0.2) is 0 Å². The minimum atomic E-state index is -2.34.